The molecule has 0 fully saturated rings. The standard InChI is InChI=1S/C7H16N2O/c1-6(2,8)5(10)7(3,4)9/h8-9H2,1-4H3. The van der Waals surface area contributed by atoms with Gasteiger partial charge in [-0.25, -0.2) is 0 Å². The monoisotopic (exact) mass is 144 g/mol. The van der Waals surface area contributed by atoms with Crippen LogP contribution in [0.4, 0.5) is 0 Å². The summed E-state index contributed by atoms with van der Waals surface area (Å²) in [6.45, 7) is 6.63. The van der Waals surface area contributed by atoms with Crippen LogP contribution in [-0.2, 0) is 4.79 Å². The highest BCUT2D eigenvalue weighted by atomic mass is 16.1. The van der Waals surface area contributed by atoms with Gasteiger partial charge in [-0.1, -0.05) is 0 Å². The van der Waals surface area contributed by atoms with E-state index >= 15 is 0 Å². The second-order valence-corrected chi connectivity index (χ2v) is 3.77. The molecule has 0 spiro atoms. The minimum Gasteiger partial charge on any atom is -0.319 e. The molecule has 0 rings (SSSR count). The molecule has 0 aliphatic rings. The van der Waals surface area contributed by atoms with Gasteiger partial charge in [-0.15, -0.1) is 0 Å². The summed E-state index contributed by atoms with van der Waals surface area (Å²) in [7, 11) is 0. The summed E-state index contributed by atoms with van der Waals surface area (Å²) >= 11 is 0. The molecule has 0 unspecified atom stereocenters. The van der Waals surface area contributed by atoms with Crippen molar-refractivity contribution in [2.75, 3.05) is 0 Å². The molecule has 0 amide bonds. The summed E-state index contributed by atoms with van der Waals surface area (Å²) in [6.07, 6.45) is 0. The Balaban J connectivity index is 4.40. The Morgan fingerprint density at radius 1 is 1.00 bits per heavy atom. The molecule has 3 heteroatoms. The first-order valence-corrected chi connectivity index (χ1v) is 3.28. The molecule has 60 valence electrons. The van der Waals surface area contributed by atoms with Gasteiger partial charge in [-0.3, -0.25) is 4.79 Å². The first-order chi connectivity index (χ1) is 4.15. The van der Waals surface area contributed by atoms with Crippen LogP contribution in [0.1, 0.15) is 27.7 Å². The van der Waals surface area contributed by atoms with Crippen LogP contribution in [0.3, 0.4) is 0 Å². The van der Waals surface area contributed by atoms with E-state index in [4.69, 9.17) is 11.5 Å². The van der Waals surface area contributed by atoms with Gasteiger partial charge in [0, 0.05) is 0 Å². The molecule has 0 aliphatic heterocycles. The molecule has 3 nitrogen and oxygen atoms in total. The minimum atomic E-state index is -0.821. The average molecular weight is 144 g/mol. The van der Waals surface area contributed by atoms with Crippen LogP contribution < -0.4 is 11.5 Å². The molecule has 10 heavy (non-hydrogen) atoms. The van der Waals surface area contributed by atoms with Gasteiger partial charge >= 0.3 is 0 Å². The van der Waals surface area contributed by atoms with Crippen molar-refractivity contribution >= 4 is 5.78 Å². The van der Waals surface area contributed by atoms with Crippen LogP contribution in [0.25, 0.3) is 0 Å². The number of hydrogen-bond donors (Lipinski definition) is 2. The van der Waals surface area contributed by atoms with E-state index in [1.165, 1.54) is 0 Å². The lowest BCUT2D eigenvalue weighted by molar-refractivity contribution is -0.127. The predicted octanol–water partition coefficient (Wildman–Crippen LogP) is 0.0301. The maximum atomic E-state index is 11.2. The Kier molecular flexibility index (Phi) is 2.23. The zero-order valence-corrected chi connectivity index (χ0v) is 7.06. The van der Waals surface area contributed by atoms with Crippen LogP contribution in [0, 0.1) is 0 Å². The predicted molar refractivity (Wildman–Crippen MR) is 41.5 cm³/mol. The van der Waals surface area contributed by atoms with Crippen molar-refractivity contribution in [1.82, 2.24) is 0 Å². The number of nitrogens with two attached hydrogens (primary N) is 2. The number of carbonyl (C=O) groups is 1. The summed E-state index contributed by atoms with van der Waals surface area (Å²) in [5.41, 5.74) is 9.43. The molecule has 0 saturated carbocycles. The number of ketones is 1. The Morgan fingerprint density at radius 3 is 1.20 bits per heavy atom. The normalized spacial score (nSPS) is 13.4. The SMILES string of the molecule is CC(C)(N)C(=O)C(C)(C)N. The Labute approximate surface area is 61.8 Å². The lowest BCUT2D eigenvalue weighted by Crippen LogP contribution is -2.56. The van der Waals surface area contributed by atoms with Crippen LogP contribution in [0.5, 0.6) is 0 Å². The van der Waals surface area contributed by atoms with Crippen LogP contribution in [-0.4, -0.2) is 16.9 Å². The third kappa shape index (κ3) is 2.45. The smallest absolute Gasteiger partial charge is 0.171 e. The molecule has 0 radical (unpaired) electrons. The van der Waals surface area contributed by atoms with E-state index in [2.05, 4.69) is 0 Å². The van der Waals surface area contributed by atoms with E-state index in [1.54, 1.807) is 27.7 Å². The van der Waals surface area contributed by atoms with E-state index in [1.807, 2.05) is 0 Å². The van der Waals surface area contributed by atoms with Gasteiger partial charge in [0.1, 0.15) is 0 Å². The lowest BCUT2D eigenvalue weighted by atomic mass is 9.87. The van der Waals surface area contributed by atoms with Gasteiger partial charge in [0.25, 0.3) is 0 Å². The molecule has 4 N–H and O–H groups in total. The second-order valence-electron chi connectivity index (χ2n) is 3.77. The van der Waals surface area contributed by atoms with Crippen LogP contribution in [0.2, 0.25) is 0 Å². The molecule has 0 saturated heterocycles. The molecule has 0 aromatic heterocycles. The number of Topliss-reactive ketones (excluding diaryl/α,β-unsaturated/α-hetero) is 1. The lowest BCUT2D eigenvalue weighted by Gasteiger charge is -2.26. The zero-order valence-electron chi connectivity index (χ0n) is 7.06. The van der Waals surface area contributed by atoms with E-state index in [-0.39, 0.29) is 5.78 Å². The van der Waals surface area contributed by atoms with Crippen molar-refractivity contribution in [2.24, 2.45) is 11.5 Å². The Hall–Kier alpha value is -0.410. The molecule has 0 atom stereocenters. The summed E-state index contributed by atoms with van der Waals surface area (Å²) in [4.78, 5) is 11.2. The van der Waals surface area contributed by atoms with Crippen LogP contribution in [0.15, 0.2) is 0 Å². The first-order valence-electron chi connectivity index (χ1n) is 3.28. The number of carbonyl (C=O) groups excluding carboxylic acids is 1. The van der Waals surface area contributed by atoms with Crippen molar-refractivity contribution in [3.8, 4) is 0 Å². The zero-order chi connectivity index (χ0) is 8.58. The third-order valence-corrected chi connectivity index (χ3v) is 1.17. The van der Waals surface area contributed by atoms with Crippen molar-refractivity contribution in [3.05, 3.63) is 0 Å². The maximum Gasteiger partial charge on any atom is 0.171 e. The average Bonchev–Trinajstić information content (AvgIpc) is 1.59. The highest BCUT2D eigenvalue weighted by Gasteiger charge is 2.32. The van der Waals surface area contributed by atoms with E-state index in [9.17, 15) is 4.79 Å². The summed E-state index contributed by atoms with van der Waals surface area (Å²) in [5, 5.41) is 0. The minimum absolute atomic E-state index is 0.125. The van der Waals surface area contributed by atoms with Gasteiger partial charge in [-0.2, -0.15) is 0 Å². The topological polar surface area (TPSA) is 69.1 Å². The number of hydrogen-bond acceptors (Lipinski definition) is 3. The van der Waals surface area contributed by atoms with Crippen molar-refractivity contribution in [2.45, 2.75) is 38.8 Å². The van der Waals surface area contributed by atoms with E-state index in [0.29, 0.717) is 0 Å². The molecule has 0 aromatic rings. The maximum absolute atomic E-state index is 11.2. The fraction of sp³-hybridized carbons (Fsp3) is 0.857. The van der Waals surface area contributed by atoms with E-state index in [0.717, 1.165) is 0 Å². The molecule has 0 heterocycles. The molecular formula is C7H16N2O. The first kappa shape index (κ1) is 9.59. The van der Waals surface area contributed by atoms with Crippen molar-refractivity contribution in [1.29, 1.82) is 0 Å². The molecule has 0 bridgehead atoms. The molecular weight excluding hydrogens is 128 g/mol. The van der Waals surface area contributed by atoms with Gasteiger partial charge in [0.05, 0.1) is 11.1 Å². The van der Waals surface area contributed by atoms with Crippen molar-refractivity contribution in [3.63, 3.8) is 0 Å². The van der Waals surface area contributed by atoms with Gasteiger partial charge in [-0.05, 0) is 27.7 Å². The van der Waals surface area contributed by atoms with Gasteiger partial charge in [0.2, 0.25) is 0 Å². The third-order valence-electron chi connectivity index (χ3n) is 1.17. The summed E-state index contributed by atoms with van der Waals surface area (Å²) in [5.74, 6) is -0.125. The van der Waals surface area contributed by atoms with Crippen molar-refractivity contribution < 1.29 is 4.79 Å². The summed E-state index contributed by atoms with van der Waals surface area (Å²) in [6, 6.07) is 0. The molecule has 0 aromatic carbocycles. The number of rotatable bonds is 2. The largest absolute Gasteiger partial charge is 0.319 e. The highest BCUT2D eigenvalue weighted by molar-refractivity contribution is 5.94. The van der Waals surface area contributed by atoms with Gasteiger partial charge < -0.3 is 11.5 Å². The molecule has 0 aliphatic carbocycles. The Bertz CT molecular complexity index is 123. The summed E-state index contributed by atoms with van der Waals surface area (Å²) < 4.78 is 0. The fourth-order valence-corrected chi connectivity index (χ4v) is 0.830. The fourth-order valence-electron chi connectivity index (χ4n) is 0.830. The van der Waals surface area contributed by atoms with E-state index < -0.39 is 11.1 Å². The Morgan fingerprint density at radius 2 is 1.20 bits per heavy atom. The quantitative estimate of drug-likeness (QED) is 0.574. The second kappa shape index (κ2) is 2.32. The van der Waals surface area contributed by atoms with Crippen LogP contribution >= 0.6 is 0 Å². The highest BCUT2D eigenvalue weighted by Crippen LogP contribution is 2.09. The van der Waals surface area contributed by atoms with Gasteiger partial charge in [0.15, 0.2) is 5.78 Å².